The summed E-state index contributed by atoms with van der Waals surface area (Å²) < 4.78 is 7.22. The number of halogens is 1. The molecule has 0 fully saturated rings. The van der Waals surface area contributed by atoms with Crippen molar-refractivity contribution in [1.82, 2.24) is 15.2 Å². The lowest BCUT2D eigenvalue weighted by Crippen LogP contribution is -2.15. The molecule has 2 aromatic heterocycles. The lowest BCUT2D eigenvalue weighted by molar-refractivity contribution is 0.229. The van der Waals surface area contributed by atoms with Crippen LogP contribution in [0, 0.1) is 0 Å². The molecule has 0 amide bonds. The molecular weight excluding hydrogens is 444 g/mol. The molecule has 1 aliphatic rings. The Bertz CT molecular complexity index is 920. The first-order chi connectivity index (χ1) is 13.2. The van der Waals surface area contributed by atoms with Crippen LogP contribution in [0.3, 0.4) is 0 Å². The van der Waals surface area contributed by atoms with Gasteiger partial charge in [0, 0.05) is 21.5 Å². The standard InChI is InChI=1S/C19H19BrN4OS2/c1-2-3-4-9-27-19-22-18-16(23-24-19)13-11-12(20)7-8-14(13)21-17(25-18)15-6-5-10-26-15/h5-8,10-11,17,21H,2-4,9H2,1H3/t17-/m1/s1. The second-order valence-electron chi connectivity index (χ2n) is 6.15. The molecule has 3 heterocycles. The topological polar surface area (TPSA) is 59.9 Å². The van der Waals surface area contributed by atoms with Gasteiger partial charge in [-0.2, -0.15) is 4.98 Å². The third kappa shape index (κ3) is 4.28. The average molecular weight is 463 g/mol. The molecule has 0 saturated carbocycles. The Hall–Kier alpha value is -1.64. The molecule has 0 spiro atoms. The van der Waals surface area contributed by atoms with E-state index in [9.17, 15) is 0 Å². The minimum atomic E-state index is -0.305. The fraction of sp³-hybridized carbons (Fsp3) is 0.316. The number of benzene rings is 1. The van der Waals surface area contributed by atoms with E-state index in [0.29, 0.717) is 16.7 Å². The lowest BCUT2D eigenvalue weighted by atomic mass is 10.1. The van der Waals surface area contributed by atoms with E-state index in [0.717, 1.165) is 32.8 Å². The van der Waals surface area contributed by atoms with Crippen LogP contribution in [-0.4, -0.2) is 20.9 Å². The van der Waals surface area contributed by atoms with E-state index in [1.165, 1.54) is 12.8 Å². The van der Waals surface area contributed by atoms with Crippen LogP contribution < -0.4 is 10.1 Å². The van der Waals surface area contributed by atoms with E-state index < -0.39 is 0 Å². The molecule has 27 heavy (non-hydrogen) atoms. The monoisotopic (exact) mass is 462 g/mol. The first-order valence-electron chi connectivity index (χ1n) is 8.88. The summed E-state index contributed by atoms with van der Waals surface area (Å²) >= 11 is 6.83. The van der Waals surface area contributed by atoms with Gasteiger partial charge in [-0.15, -0.1) is 21.5 Å². The number of hydrogen-bond acceptors (Lipinski definition) is 7. The van der Waals surface area contributed by atoms with Crippen LogP contribution in [0.4, 0.5) is 5.69 Å². The number of unbranched alkanes of at least 4 members (excludes halogenated alkanes) is 2. The molecular formula is C19H19BrN4OS2. The average Bonchev–Trinajstić information content (AvgIpc) is 3.16. The summed E-state index contributed by atoms with van der Waals surface area (Å²) in [4.78, 5) is 5.77. The Balaban J connectivity index is 1.70. The minimum absolute atomic E-state index is 0.305. The van der Waals surface area contributed by atoms with Gasteiger partial charge in [0.15, 0.2) is 5.69 Å². The largest absolute Gasteiger partial charge is 0.447 e. The normalized spacial score (nSPS) is 15.3. The van der Waals surface area contributed by atoms with E-state index >= 15 is 0 Å². The molecule has 0 radical (unpaired) electrons. The van der Waals surface area contributed by atoms with E-state index in [4.69, 9.17) is 4.74 Å². The summed E-state index contributed by atoms with van der Waals surface area (Å²) in [5, 5.41) is 15.0. The molecule has 1 atom stereocenters. The van der Waals surface area contributed by atoms with Crippen LogP contribution >= 0.6 is 39.0 Å². The van der Waals surface area contributed by atoms with Gasteiger partial charge in [0.25, 0.3) is 0 Å². The smallest absolute Gasteiger partial charge is 0.247 e. The summed E-state index contributed by atoms with van der Waals surface area (Å²) in [7, 11) is 0. The van der Waals surface area contributed by atoms with Crippen LogP contribution in [0.2, 0.25) is 0 Å². The zero-order chi connectivity index (χ0) is 18.6. The lowest BCUT2D eigenvalue weighted by Gasteiger charge is -2.17. The van der Waals surface area contributed by atoms with Crippen LogP contribution in [0.25, 0.3) is 11.3 Å². The number of anilines is 1. The molecule has 0 aliphatic carbocycles. The third-order valence-corrected chi connectivity index (χ3v) is 6.50. The molecule has 4 rings (SSSR count). The Morgan fingerprint density at radius 3 is 3.00 bits per heavy atom. The van der Waals surface area contributed by atoms with Crippen molar-refractivity contribution in [2.75, 3.05) is 11.1 Å². The molecule has 0 bridgehead atoms. The van der Waals surface area contributed by atoms with E-state index in [-0.39, 0.29) is 6.23 Å². The van der Waals surface area contributed by atoms with Gasteiger partial charge < -0.3 is 10.1 Å². The van der Waals surface area contributed by atoms with Gasteiger partial charge in [-0.25, -0.2) is 0 Å². The van der Waals surface area contributed by atoms with Gasteiger partial charge >= 0.3 is 0 Å². The summed E-state index contributed by atoms with van der Waals surface area (Å²) in [6, 6.07) is 10.1. The Kier molecular flexibility index (Phi) is 5.95. The number of fused-ring (bicyclic) bond motifs is 3. The summed E-state index contributed by atoms with van der Waals surface area (Å²) in [6.45, 7) is 2.20. The van der Waals surface area contributed by atoms with Gasteiger partial charge in [-0.1, -0.05) is 53.5 Å². The zero-order valence-corrected chi connectivity index (χ0v) is 18.0. The van der Waals surface area contributed by atoms with Crippen molar-refractivity contribution in [3.8, 4) is 17.1 Å². The Morgan fingerprint density at radius 1 is 1.26 bits per heavy atom. The summed E-state index contributed by atoms with van der Waals surface area (Å²) in [5.41, 5.74) is 2.55. The number of thioether (sulfide) groups is 1. The number of ether oxygens (including phenoxy) is 1. The van der Waals surface area contributed by atoms with Crippen LogP contribution in [0.5, 0.6) is 5.88 Å². The maximum atomic E-state index is 6.25. The molecule has 5 nitrogen and oxygen atoms in total. The first-order valence-corrected chi connectivity index (χ1v) is 11.5. The first kappa shape index (κ1) is 18.7. The quantitative estimate of drug-likeness (QED) is 0.350. The molecule has 8 heteroatoms. The Morgan fingerprint density at radius 2 is 2.19 bits per heavy atom. The van der Waals surface area contributed by atoms with Crippen molar-refractivity contribution >= 4 is 44.7 Å². The van der Waals surface area contributed by atoms with Crippen LogP contribution in [-0.2, 0) is 0 Å². The fourth-order valence-corrected chi connectivity index (χ4v) is 4.66. The van der Waals surface area contributed by atoms with Crippen LogP contribution in [0.15, 0.2) is 45.3 Å². The second kappa shape index (κ2) is 8.58. The van der Waals surface area contributed by atoms with Crippen molar-refractivity contribution in [2.24, 2.45) is 0 Å². The molecule has 0 saturated heterocycles. The molecule has 0 unspecified atom stereocenters. The maximum Gasteiger partial charge on any atom is 0.247 e. The van der Waals surface area contributed by atoms with Crippen LogP contribution in [0.1, 0.15) is 37.3 Å². The fourth-order valence-electron chi connectivity index (χ4n) is 2.82. The van der Waals surface area contributed by atoms with Gasteiger partial charge in [-0.3, -0.25) is 0 Å². The van der Waals surface area contributed by atoms with Gasteiger partial charge in [0.2, 0.25) is 17.3 Å². The number of aromatic nitrogens is 3. The van der Waals surface area contributed by atoms with Gasteiger partial charge in [0.1, 0.15) is 0 Å². The van der Waals surface area contributed by atoms with Crippen molar-refractivity contribution in [1.29, 1.82) is 0 Å². The predicted molar refractivity (Wildman–Crippen MR) is 115 cm³/mol. The molecule has 1 aliphatic heterocycles. The Labute approximate surface area is 175 Å². The minimum Gasteiger partial charge on any atom is -0.447 e. The summed E-state index contributed by atoms with van der Waals surface area (Å²) in [6.07, 6.45) is 3.26. The van der Waals surface area contributed by atoms with E-state index in [1.807, 2.05) is 29.6 Å². The molecule has 1 N–H and O–H groups in total. The van der Waals surface area contributed by atoms with E-state index in [2.05, 4.69) is 49.4 Å². The SMILES string of the molecule is CCCCCSc1nnc2c(n1)O[C@H](c1cccs1)Nc1ccc(Br)cc1-2. The van der Waals surface area contributed by atoms with Gasteiger partial charge in [0.05, 0.1) is 4.88 Å². The number of thiophene rings is 1. The highest BCUT2D eigenvalue weighted by Crippen LogP contribution is 2.41. The highest BCUT2D eigenvalue weighted by molar-refractivity contribution is 9.10. The van der Waals surface area contributed by atoms with Crippen molar-refractivity contribution in [3.05, 3.63) is 45.1 Å². The van der Waals surface area contributed by atoms with E-state index in [1.54, 1.807) is 23.1 Å². The third-order valence-electron chi connectivity index (χ3n) is 4.17. The van der Waals surface area contributed by atoms with Crippen molar-refractivity contribution in [3.63, 3.8) is 0 Å². The molecule has 3 aromatic rings. The maximum absolute atomic E-state index is 6.25. The van der Waals surface area contributed by atoms with Gasteiger partial charge in [-0.05, 0) is 36.1 Å². The number of hydrogen-bond donors (Lipinski definition) is 1. The number of nitrogens with zero attached hydrogens (tertiary/aromatic N) is 3. The highest BCUT2D eigenvalue weighted by Gasteiger charge is 2.26. The number of rotatable bonds is 6. The zero-order valence-electron chi connectivity index (χ0n) is 14.8. The highest BCUT2D eigenvalue weighted by atomic mass is 79.9. The summed E-state index contributed by atoms with van der Waals surface area (Å²) in [5.74, 6) is 1.51. The second-order valence-corrected chi connectivity index (χ2v) is 9.11. The molecule has 140 valence electrons. The van der Waals surface area contributed by atoms with Crippen molar-refractivity contribution in [2.45, 2.75) is 37.6 Å². The predicted octanol–water partition coefficient (Wildman–Crippen LogP) is 6.15. The van der Waals surface area contributed by atoms with Crippen molar-refractivity contribution < 1.29 is 4.74 Å². The number of nitrogens with one attached hydrogen (secondary N) is 1. The molecule has 1 aromatic carbocycles.